The molecule has 17 heavy (non-hydrogen) atoms. The zero-order valence-electron chi connectivity index (χ0n) is 10.3. The summed E-state index contributed by atoms with van der Waals surface area (Å²) < 4.78 is 0. The molecule has 0 spiro atoms. The summed E-state index contributed by atoms with van der Waals surface area (Å²) in [6.07, 6.45) is 4.40. The van der Waals surface area contributed by atoms with Gasteiger partial charge in [0.15, 0.2) is 5.78 Å². The van der Waals surface area contributed by atoms with Crippen molar-refractivity contribution in [3.05, 3.63) is 48.6 Å². The number of ketones is 1. The van der Waals surface area contributed by atoms with Crippen LogP contribution in [-0.2, 0) is 4.79 Å². The van der Waals surface area contributed by atoms with Gasteiger partial charge in [-0.2, -0.15) is 0 Å². The molecule has 1 aromatic rings. The van der Waals surface area contributed by atoms with Crippen molar-refractivity contribution >= 4 is 5.78 Å². The monoisotopic (exact) mass is 229 g/mol. The molecule has 2 rings (SSSR count). The molecule has 0 amide bonds. The minimum atomic E-state index is 0.0993. The first-order valence-corrected chi connectivity index (χ1v) is 6.16. The van der Waals surface area contributed by atoms with Gasteiger partial charge in [0.2, 0.25) is 0 Å². The molecule has 1 aromatic carbocycles. The molecule has 0 N–H and O–H groups in total. The lowest BCUT2D eigenvalue weighted by molar-refractivity contribution is -0.119. The molecule has 90 valence electrons. The highest BCUT2D eigenvalue weighted by molar-refractivity contribution is 5.88. The number of likely N-dealkylation sites (N-methyl/N-ethyl adjacent to an activating group) is 1. The Morgan fingerprint density at radius 2 is 2.12 bits per heavy atom. The van der Waals surface area contributed by atoms with Gasteiger partial charge in [-0.3, -0.25) is 9.69 Å². The lowest BCUT2D eigenvalue weighted by atomic mass is 10.0. The van der Waals surface area contributed by atoms with Crippen molar-refractivity contribution in [2.75, 3.05) is 7.05 Å². The van der Waals surface area contributed by atoms with E-state index in [4.69, 9.17) is 0 Å². The number of carbonyl (C=O) groups excluding carboxylic acids is 1. The summed E-state index contributed by atoms with van der Waals surface area (Å²) >= 11 is 0. The van der Waals surface area contributed by atoms with Gasteiger partial charge in [-0.05, 0) is 25.5 Å². The molecule has 0 radical (unpaired) electrons. The van der Waals surface area contributed by atoms with Crippen LogP contribution in [0.2, 0.25) is 0 Å². The number of allylic oxidation sites excluding steroid dienone is 1. The number of Topliss-reactive ketones (excluding diaryl/α,β-unsaturated/α-hetero) is 1. The van der Waals surface area contributed by atoms with E-state index in [2.05, 4.69) is 23.6 Å². The predicted molar refractivity (Wildman–Crippen MR) is 69.8 cm³/mol. The quantitative estimate of drug-likeness (QED) is 0.424. The Labute approximate surface area is 103 Å². The minimum absolute atomic E-state index is 0.0993. The summed E-state index contributed by atoms with van der Waals surface area (Å²) in [5, 5.41) is 0. The van der Waals surface area contributed by atoms with E-state index in [9.17, 15) is 4.79 Å². The molecule has 3 atom stereocenters. The summed E-state index contributed by atoms with van der Waals surface area (Å²) in [5.74, 6) is 0.364. The zero-order chi connectivity index (χ0) is 12.3. The van der Waals surface area contributed by atoms with Gasteiger partial charge < -0.3 is 0 Å². The first kappa shape index (κ1) is 12.1. The summed E-state index contributed by atoms with van der Waals surface area (Å²) in [7, 11) is 2.02. The molecule has 1 heterocycles. The zero-order valence-corrected chi connectivity index (χ0v) is 10.3. The smallest absolute Gasteiger partial charge is 0.151 e. The Morgan fingerprint density at radius 1 is 1.41 bits per heavy atom. The summed E-state index contributed by atoms with van der Waals surface area (Å²) in [4.78, 5) is 14.1. The Bertz CT molecular complexity index is 399. The Hall–Kier alpha value is -1.41. The average Bonchev–Trinajstić information content (AvgIpc) is 3.02. The van der Waals surface area contributed by atoms with Crippen molar-refractivity contribution in [3.8, 4) is 0 Å². The van der Waals surface area contributed by atoms with Gasteiger partial charge >= 0.3 is 0 Å². The Kier molecular flexibility index (Phi) is 3.75. The topological polar surface area (TPSA) is 20.1 Å². The van der Waals surface area contributed by atoms with Gasteiger partial charge in [-0.15, -0.1) is 6.58 Å². The third-order valence-electron chi connectivity index (χ3n) is 3.39. The van der Waals surface area contributed by atoms with Crippen LogP contribution in [0.25, 0.3) is 0 Å². The van der Waals surface area contributed by atoms with Crippen LogP contribution in [0.15, 0.2) is 43.0 Å². The summed E-state index contributed by atoms with van der Waals surface area (Å²) in [6, 6.07) is 10.7. The highest BCUT2D eigenvalue weighted by Gasteiger charge is 2.49. The average molecular weight is 229 g/mol. The van der Waals surface area contributed by atoms with E-state index in [1.54, 1.807) is 0 Å². The molecule has 1 aliphatic rings. The van der Waals surface area contributed by atoms with Crippen LogP contribution in [-0.4, -0.2) is 23.8 Å². The molecule has 1 aliphatic heterocycles. The molecule has 2 heteroatoms. The van der Waals surface area contributed by atoms with Crippen LogP contribution in [0.4, 0.5) is 0 Å². The molecular weight excluding hydrogens is 210 g/mol. The van der Waals surface area contributed by atoms with Gasteiger partial charge in [0.1, 0.15) is 0 Å². The standard InChI is InChI=1S/C15H19NO/c1-3-4-6-11-13(17)15-14(16(15)2)12-9-7-5-8-10-12/h3,5,7-10,14-15H,1,4,6,11H2,2H3/t14-,15+,16?/m0/s1. The van der Waals surface area contributed by atoms with Gasteiger partial charge in [-0.25, -0.2) is 0 Å². The van der Waals surface area contributed by atoms with Crippen LogP contribution >= 0.6 is 0 Å². The molecule has 0 bridgehead atoms. The molecular formula is C15H19NO. The SMILES string of the molecule is C=CCCCC(=O)[C@@H]1[C@H](c2ccccc2)N1C. The van der Waals surface area contributed by atoms with Crippen molar-refractivity contribution in [1.29, 1.82) is 0 Å². The first-order valence-electron chi connectivity index (χ1n) is 6.16. The van der Waals surface area contributed by atoms with Gasteiger partial charge in [0, 0.05) is 6.42 Å². The van der Waals surface area contributed by atoms with E-state index < -0.39 is 0 Å². The summed E-state index contributed by atoms with van der Waals surface area (Å²) in [6.45, 7) is 3.67. The highest BCUT2D eigenvalue weighted by Crippen LogP contribution is 2.42. The molecule has 1 unspecified atom stereocenters. The number of unbranched alkanes of at least 4 members (excludes halogenated alkanes) is 1. The number of rotatable bonds is 6. The Morgan fingerprint density at radius 3 is 2.76 bits per heavy atom. The van der Waals surface area contributed by atoms with E-state index in [1.165, 1.54) is 5.56 Å². The largest absolute Gasteiger partial charge is 0.298 e. The number of benzene rings is 1. The van der Waals surface area contributed by atoms with E-state index in [1.807, 2.05) is 31.3 Å². The van der Waals surface area contributed by atoms with Gasteiger partial charge in [0.25, 0.3) is 0 Å². The van der Waals surface area contributed by atoms with Crippen LogP contribution in [0.3, 0.4) is 0 Å². The fourth-order valence-corrected chi connectivity index (χ4v) is 2.38. The minimum Gasteiger partial charge on any atom is -0.298 e. The number of nitrogens with zero attached hydrogens (tertiary/aromatic N) is 1. The lowest BCUT2D eigenvalue weighted by Crippen LogP contribution is -2.10. The first-order chi connectivity index (χ1) is 8.25. The Balaban J connectivity index is 1.92. The molecule has 0 aromatic heterocycles. The van der Waals surface area contributed by atoms with Crippen molar-refractivity contribution in [1.82, 2.24) is 4.90 Å². The second kappa shape index (κ2) is 5.28. The van der Waals surface area contributed by atoms with Crippen molar-refractivity contribution in [2.45, 2.75) is 31.3 Å². The lowest BCUT2D eigenvalue weighted by Gasteiger charge is -1.97. The maximum atomic E-state index is 12.0. The molecule has 2 nitrogen and oxygen atoms in total. The van der Waals surface area contributed by atoms with Crippen molar-refractivity contribution < 1.29 is 4.79 Å². The van der Waals surface area contributed by atoms with E-state index in [0.29, 0.717) is 18.2 Å². The van der Waals surface area contributed by atoms with Crippen LogP contribution in [0.5, 0.6) is 0 Å². The van der Waals surface area contributed by atoms with E-state index in [-0.39, 0.29) is 6.04 Å². The van der Waals surface area contributed by atoms with Crippen molar-refractivity contribution in [2.24, 2.45) is 0 Å². The highest BCUT2D eigenvalue weighted by atomic mass is 16.1. The van der Waals surface area contributed by atoms with Crippen LogP contribution in [0, 0.1) is 0 Å². The third-order valence-corrected chi connectivity index (χ3v) is 3.39. The van der Waals surface area contributed by atoms with E-state index in [0.717, 1.165) is 12.8 Å². The summed E-state index contributed by atoms with van der Waals surface area (Å²) in [5.41, 5.74) is 1.25. The normalized spacial score (nSPS) is 26.5. The number of hydrogen-bond acceptors (Lipinski definition) is 2. The second-order valence-corrected chi connectivity index (χ2v) is 4.61. The second-order valence-electron chi connectivity index (χ2n) is 4.61. The fraction of sp³-hybridized carbons (Fsp3) is 0.400. The molecule has 1 saturated heterocycles. The maximum Gasteiger partial charge on any atom is 0.151 e. The molecule has 0 saturated carbocycles. The molecule has 1 fully saturated rings. The third kappa shape index (κ3) is 2.64. The number of hydrogen-bond donors (Lipinski definition) is 0. The molecule has 0 aliphatic carbocycles. The predicted octanol–water partition coefficient (Wildman–Crippen LogP) is 2.97. The van der Waals surface area contributed by atoms with Crippen LogP contribution in [0.1, 0.15) is 30.9 Å². The van der Waals surface area contributed by atoms with E-state index >= 15 is 0 Å². The van der Waals surface area contributed by atoms with Gasteiger partial charge in [0.05, 0.1) is 12.1 Å². The van der Waals surface area contributed by atoms with Gasteiger partial charge in [-0.1, -0.05) is 36.4 Å². The maximum absolute atomic E-state index is 12.0. The van der Waals surface area contributed by atoms with Crippen molar-refractivity contribution in [3.63, 3.8) is 0 Å². The number of carbonyl (C=O) groups is 1. The van der Waals surface area contributed by atoms with Crippen LogP contribution < -0.4 is 0 Å². The fourth-order valence-electron chi connectivity index (χ4n) is 2.38.